The van der Waals surface area contributed by atoms with Crippen molar-refractivity contribution in [2.75, 3.05) is 20.1 Å². The van der Waals surface area contributed by atoms with E-state index in [1.54, 1.807) is 7.05 Å². The second-order valence-corrected chi connectivity index (χ2v) is 7.90. The summed E-state index contributed by atoms with van der Waals surface area (Å²) in [4.78, 5) is 11.2. The van der Waals surface area contributed by atoms with E-state index in [1.165, 1.54) is 8.61 Å². The first-order valence-corrected chi connectivity index (χ1v) is 8.74. The van der Waals surface area contributed by atoms with Crippen LogP contribution in [0.4, 0.5) is 0 Å². The van der Waals surface area contributed by atoms with Gasteiger partial charge in [-0.3, -0.25) is 4.79 Å². The molecule has 2 rings (SSSR count). The van der Waals surface area contributed by atoms with Crippen LogP contribution in [-0.2, 0) is 15.0 Å². The lowest BCUT2D eigenvalue weighted by atomic mass is 9.79. The summed E-state index contributed by atoms with van der Waals surface area (Å²) in [7, 11) is -1.98. The number of carboxylic acids is 1. The molecule has 1 saturated heterocycles. The Kier molecular flexibility index (Phi) is 4.71. The van der Waals surface area contributed by atoms with E-state index in [1.807, 2.05) is 0 Å². The monoisotopic (exact) mass is 304 g/mol. The zero-order chi connectivity index (χ0) is 14.8. The molecule has 7 heteroatoms. The van der Waals surface area contributed by atoms with Gasteiger partial charge in [0.1, 0.15) is 0 Å². The van der Waals surface area contributed by atoms with Crippen molar-refractivity contribution in [1.29, 1.82) is 0 Å². The maximum atomic E-state index is 12.7. The van der Waals surface area contributed by atoms with Crippen LogP contribution in [0.3, 0.4) is 0 Å². The lowest BCUT2D eigenvalue weighted by Gasteiger charge is -2.44. The van der Waals surface area contributed by atoms with Crippen molar-refractivity contribution in [2.45, 2.75) is 56.9 Å². The second kappa shape index (κ2) is 5.99. The van der Waals surface area contributed by atoms with Crippen molar-refractivity contribution >= 4 is 16.2 Å². The third-order valence-corrected chi connectivity index (χ3v) is 6.77. The summed E-state index contributed by atoms with van der Waals surface area (Å²) < 4.78 is 28.2. The van der Waals surface area contributed by atoms with Crippen LogP contribution in [0.5, 0.6) is 0 Å². The largest absolute Gasteiger partial charge is 0.481 e. The lowest BCUT2D eigenvalue weighted by molar-refractivity contribution is -0.140. The van der Waals surface area contributed by atoms with E-state index in [9.17, 15) is 18.3 Å². The molecule has 1 saturated carbocycles. The number of hydrogen-bond acceptors (Lipinski definition) is 3. The summed E-state index contributed by atoms with van der Waals surface area (Å²) in [5.74, 6) is -0.921. The Labute approximate surface area is 120 Å². The minimum atomic E-state index is -3.54. The normalized spacial score (nSPS) is 24.1. The van der Waals surface area contributed by atoms with Gasteiger partial charge >= 0.3 is 5.97 Å². The Morgan fingerprint density at radius 1 is 1.15 bits per heavy atom. The highest BCUT2D eigenvalue weighted by Crippen LogP contribution is 2.38. The van der Waals surface area contributed by atoms with Gasteiger partial charge in [0, 0.05) is 25.7 Å². The molecule has 0 radical (unpaired) electrons. The van der Waals surface area contributed by atoms with Gasteiger partial charge < -0.3 is 5.11 Å². The number of hydrogen-bond donors (Lipinski definition) is 1. The summed E-state index contributed by atoms with van der Waals surface area (Å²) in [6.45, 7) is 1.10. The predicted octanol–water partition coefficient (Wildman–Crippen LogP) is 1.44. The molecule has 0 amide bonds. The van der Waals surface area contributed by atoms with Gasteiger partial charge in [0.2, 0.25) is 0 Å². The van der Waals surface area contributed by atoms with Crippen molar-refractivity contribution in [3.05, 3.63) is 0 Å². The van der Waals surface area contributed by atoms with Gasteiger partial charge in [-0.2, -0.15) is 17.0 Å². The van der Waals surface area contributed by atoms with Crippen molar-refractivity contribution < 1.29 is 18.3 Å². The number of aliphatic carboxylic acids is 1. The maximum absolute atomic E-state index is 12.7. The molecule has 1 aliphatic heterocycles. The first kappa shape index (κ1) is 15.7. The molecule has 0 aromatic heterocycles. The maximum Gasteiger partial charge on any atom is 0.305 e. The highest BCUT2D eigenvalue weighted by Gasteiger charge is 2.45. The fourth-order valence-corrected chi connectivity index (χ4v) is 5.23. The second-order valence-electron chi connectivity index (χ2n) is 5.94. The molecule has 0 spiro atoms. The quantitative estimate of drug-likeness (QED) is 0.833. The highest BCUT2D eigenvalue weighted by atomic mass is 32.2. The molecular weight excluding hydrogens is 280 g/mol. The van der Waals surface area contributed by atoms with Gasteiger partial charge in [-0.1, -0.05) is 19.3 Å². The highest BCUT2D eigenvalue weighted by molar-refractivity contribution is 7.86. The third-order valence-electron chi connectivity index (χ3n) is 4.67. The van der Waals surface area contributed by atoms with E-state index >= 15 is 0 Å². The number of rotatable bonds is 5. The predicted molar refractivity (Wildman–Crippen MR) is 75.6 cm³/mol. The van der Waals surface area contributed by atoms with Crippen molar-refractivity contribution in [3.8, 4) is 0 Å². The Balaban J connectivity index is 2.25. The van der Waals surface area contributed by atoms with Gasteiger partial charge in [0.25, 0.3) is 10.2 Å². The van der Waals surface area contributed by atoms with Gasteiger partial charge in [-0.15, -0.1) is 0 Å². The van der Waals surface area contributed by atoms with Crippen LogP contribution in [0.1, 0.15) is 51.4 Å². The smallest absolute Gasteiger partial charge is 0.305 e. The minimum absolute atomic E-state index is 0.101. The minimum Gasteiger partial charge on any atom is -0.481 e. The van der Waals surface area contributed by atoms with E-state index in [2.05, 4.69) is 0 Å². The SMILES string of the molecule is CN(C1(CC(=O)O)CCCCC1)S(=O)(=O)N1CCCC1. The van der Waals surface area contributed by atoms with Gasteiger partial charge in [0.05, 0.1) is 6.42 Å². The first-order chi connectivity index (χ1) is 9.38. The molecule has 1 heterocycles. The van der Waals surface area contributed by atoms with E-state index in [4.69, 9.17) is 0 Å². The zero-order valence-corrected chi connectivity index (χ0v) is 12.9. The summed E-state index contributed by atoms with van der Waals surface area (Å²) in [5.41, 5.74) is -0.745. The fourth-order valence-electron chi connectivity index (χ4n) is 3.43. The molecule has 0 bridgehead atoms. The molecule has 2 fully saturated rings. The number of carboxylic acid groups (broad SMARTS) is 1. The zero-order valence-electron chi connectivity index (χ0n) is 12.0. The first-order valence-electron chi connectivity index (χ1n) is 7.34. The van der Waals surface area contributed by atoms with Crippen LogP contribution >= 0.6 is 0 Å². The fraction of sp³-hybridized carbons (Fsp3) is 0.923. The summed E-state index contributed by atoms with van der Waals surface area (Å²) in [6.07, 6.45) is 5.81. The molecule has 0 aromatic rings. The van der Waals surface area contributed by atoms with Crippen LogP contribution in [0.15, 0.2) is 0 Å². The molecule has 20 heavy (non-hydrogen) atoms. The molecule has 116 valence electrons. The average Bonchev–Trinajstić information content (AvgIpc) is 2.92. The van der Waals surface area contributed by atoms with E-state index < -0.39 is 21.7 Å². The molecule has 1 N–H and O–H groups in total. The van der Waals surface area contributed by atoms with E-state index in [0.717, 1.165) is 32.1 Å². The van der Waals surface area contributed by atoms with E-state index in [0.29, 0.717) is 25.9 Å². The molecule has 0 aromatic carbocycles. The Morgan fingerprint density at radius 2 is 1.70 bits per heavy atom. The van der Waals surface area contributed by atoms with Crippen molar-refractivity contribution in [2.24, 2.45) is 0 Å². The van der Waals surface area contributed by atoms with Crippen LogP contribution in [0.2, 0.25) is 0 Å². The topological polar surface area (TPSA) is 77.9 Å². The summed E-state index contributed by atoms with van der Waals surface area (Å²) in [6, 6.07) is 0. The molecule has 2 aliphatic rings. The standard InChI is InChI=1S/C13H24N2O4S/c1-14(20(18,19)15-9-5-6-10-15)13(11-12(16)17)7-3-2-4-8-13/h2-11H2,1H3,(H,16,17). The lowest BCUT2D eigenvalue weighted by Crippen LogP contribution is -2.55. The van der Waals surface area contributed by atoms with Gasteiger partial charge in [-0.05, 0) is 25.7 Å². The Morgan fingerprint density at radius 3 is 2.20 bits per heavy atom. The molecule has 6 nitrogen and oxygen atoms in total. The van der Waals surface area contributed by atoms with E-state index in [-0.39, 0.29) is 6.42 Å². The summed E-state index contributed by atoms with van der Waals surface area (Å²) in [5, 5.41) is 9.18. The molecular formula is C13H24N2O4S. The van der Waals surface area contributed by atoms with Crippen LogP contribution < -0.4 is 0 Å². The van der Waals surface area contributed by atoms with Crippen molar-refractivity contribution in [3.63, 3.8) is 0 Å². The van der Waals surface area contributed by atoms with Gasteiger partial charge in [0.15, 0.2) is 0 Å². The number of carbonyl (C=O) groups is 1. The van der Waals surface area contributed by atoms with Crippen molar-refractivity contribution in [1.82, 2.24) is 8.61 Å². The third kappa shape index (κ3) is 2.99. The van der Waals surface area contributed by atoms with Crippen LogP contribution in [0.25, 0.3) is 0 Å². The Hall–Kier alpha value is -0.660. The molecule has 0 unspecified atom stereocenters. The molecule has 1 aliphatic carbocycles. The van der Waals surface area contributed by atoms with Crippen LogP contribution in [-0.4, -0.2) is 53.8 Å². The number of nitrogens with zero attached hydrogens (tertiary/aromatic N) is 2. The summed E-state index contributed by atoms with van der Waals surface area (Å²) >= 11 is 0. The Bertz CT molecular complexity index is 451. The average molecular weight is 304 g/mol. The molecule has 0 atom stereocenters. The van der Waals surface area contributed by atoms with Crippen LogP contribution in [0, 0.1) is 0 Å². The van der Waals surface area contributed by atoms with Gasteiger partial charge in [-0.25, -0.2) is 0 Å².